The van der Waals surface area contributed by atoms with E-state index in [4.69, 9.17) is 0 Å². The molecule has 1 aromatic rings. The van der Waals surface area contributed by atoms with Gasteiger partial charge < -0.3 is 9.88 Å². The van der Waals surface area contributed by atoms with Crippen molar-refractivity contribution in [1.29, 1.82) is 0 Å². The first kappa shape index (κ1) is 14.6. The Balaban J connectivity index is 1.60. The summed E-state index contributed by atoms with van der Waals surface area (Å²) in [7, 11) is 0. The Morgan fingerprint density at radius 2 is 2.14 bits per heavy atom. The zero-order valence-electron chi connectivity index (χ0n) is 12.1. The first-order chi connectivity index (χ1) is 10.2. The second kappa shape index (κ2) is 6.64. The van der Waals surface area contributed by atoms with Crippen LogP contribution in [0.2, 0.25) is 0 Å². The largest absolute Gasteiger partial charge is 0.339 e. The second-order valence-corrected chi connectivity index (χ2v) is 6.83. The Kier molecular flexibility index (Phi) is 4.63. The number of carbonyl (C=O) groups excluding carboxylic acids is 1. The molecule has 2 aliphatic rings. The Bertz CT molecular complexity index is 558. The average molecular weight is 307 g/mol. The highest BCUT2D eigenvalue weighted by Gasteiger charge is 2.35. The fraction of sp³-hybridized carbons (Fsp3) is 0.667. The summed E-state index contributed by atoms with van der Waals surface area (Å²) in [5.74, 6) is 1.25. The number of nitrogens with zero attached hydrogens (tertiary/aromatic N) is 2. The highest BCUT2D eigenvalue weighted by Crippen LogP contribution is 2.35. The van der Waals surface area contributed by atoms with Gasteiger partial charge in [0.15, 0.2) is 5.16 Å². The summed E-state index contributed by atoms with van der Waals surface area (Å²) in [5.41, 5.74) is -0.176. The lowest BCUT2D eigenvalue weighted by molar-refractivity contribution is -0.134. The van der Waals surface area contributed by atoms with Gasteiger partial charge in [0.2, 0.25) is 5.91 Å². The van der Waals surface area contributed by atoms with Crippen LogP contribution in [0.5, 0.6) is 0 Å². The number of thioether (sulfide) groups is 1. The fourth-order valence-corrected chi connectivity index (χ4v) is 4.31. The second-order valence-electron chi connectivity index (χ2n) is 5.87. The molecular formula is C15H21N3O2S. The quantitative estimate of drug-likeness (QED) is 0.685. The molecule has 5 nitrogen and oxygen atoms in total. The van der Waals surface area contributed by atoms with Crippen molar-refractivity contribution in [3.8, 4) is 0 Å². The van der Waals surface area contributed by atoms with Gasteiger partial charge in [-0.3, -0.25) is 9.59 Å². The standard InChI is InChI=1S/C15H21N3O2S/c19-13-7-8-16-15(17-13)21-10-14(20)18-9-3-5-11-4-1-2-6-12(11)18/h7-8,11-12H,1-6,9-10H2,(H,16,17,19)/t11-,12-/m0/s1. The molecule has 1 aromatic heterocycles. The number of piperidine rings is 1. The van der Waals surface area contributed by atoms with E-state index in [1.54, 1.807) is 0 Å². The predicted octanol–water partition coefficient (Wildman–Crippen LogP) is 2.04. The first-order valence-electron chi connectivity index (χ1n) is 7.71. The zero-order valence-corrected chi connectivity index (χ0v) is 12.9. The van der Waals surface area contributed by atoms with E-state index in [9.17, 15) is 9.59 Å². The van der Waals surface area contributed by atoms with E-state index in [-0.39, 0.29) is 11.5 Å². The lowest BCUT2D eigenvalue weighted by atomic mass is 9.78. The van der Waals surface area contributed by atoms with Crippen LogP contribution in [-0.4, -0.2) is 39.1 Å². The van der Waals surface area contributed by atoms with Crippen molar-refractivity contribution in [2.45, 2.75) is 49.7 Å². The highest BCUT2D eigenvalue weighted by atomic mass is 32.2. The van der Waals surface area contributed by atoms with Crippen LogP contribution in [0.3, 0.4) is 0 Å². The first-order valence-corrected chi connectivity index (χ1v) is 8.70. The summed E-state index contributed by atoms with van der Waals surface area (Å²) in [5, 5.41) is 0.521. The van der Waals surface area contributed by atoms with Gasteiger partial charge in [0, 0.05) is 24.8 Å². The molecule has 6 heteroatoms. The molecule has 1 aliphatic carbocycles. The molecule has 2 atom stereocenters. The smallest absolute Gasteiger partial charge is 0.251 e. The van der Waals surface area contributed by atoms with Crippen LogP contribution in [0.4, 0.5) is 0 Å². The third-order valence-corrected chi connectivity index (χ3v) is 5.42. The van der Waals surface area contributed by atoms with E-state index in [1.165, 1.54) is 49.7 Å². The van der Waals surface area contributed by atoms with Gasteiger partial charge >= 0.3 is 0 Å². The van der Waals surface area contributed by atoms with E-state index >= 15 is 0 Å². The highest BCUT2D eigenvalue weighted by molar-refractivity contribution is 7.99. The fourth-order valence-electron chi connectivity index (χ4n) is 3.57. The minimum atomic E-state index is -0.176. The van der Waals surface area contributed by atoms with E-state index in [0.717, 1.165) is 19.4 Å². The number of aromatic amines is 1. The molecule has 1 N–H and O–H groups in total. The third-order valence-electron chi connectivity index (χ3n) is 4.54. The number of hydrogen-bond acceptors (Lipinski definition) is 4. The molecule has 2 heterocycles. The van der Waals surface area contributed by atoms with Gasteiger partial charge in [-0.05, 0) is 31.6 Å². The summed E-state index contributed by atoms with van der Waals surface area (Å²) in [6.45, 7) is 0.888. The number of hydrogen-bond donors (Lipinski definition) is 1. The van der Waals surface area contributed by atoms with Crippen LogP contribution >= 0.6 is 11.8 Å². The Morgan fingerprint density at radius 3 is 3.00 bits per heavy atom. The average Bonchev–Trinajstić information content (AvgIpc) is 2.52. The maximum Gasteiger partial charge on any atom is 0.251 e. The maximum atomic E-state index is 12.5. The van der Waals surface area contributed by atoms with Gasteiger partial charge in [-0.15, -0.1) is 0 Å². The molecule has 0 spiro atoms. The predicted molar refractivity (Wildman–Crippen MR) is 82.3 cm³/mol. The lowest BCUT2D eigenvalue weighted by Gasteiger charge is -2.44. The Hall–Kier alpha value is -1.30. The Labute approximate surface area is 128 Å². The molecule has 0 bridgehead atoms. The van der Waals surface area contributed by atoms with E-state index < -0.39 is 0 Å². The molecule has 114 valence electrons. The molecular weight excluding hydrogens is 286 g/mol. The maximum absolute atomic E-state index is 12.5. The number of rotatable bonds is 3. The van der Waals surface area contributed by atoms with E-state index in [0.29, 0.717) is 22.9 Å². The number of aromatic nitrogens is 2. The number of H-pyrrole nitrogens is 1. The minimum Gasteiger partial charge on any atom is -0.339 e. The van der Waals surface area contributed by atoms with Gasteiger partial charge in [0.1, 0.15) is 0 Å². The van der Waals surface area contributed by atoms with Gasteiger partial charge in [-0.1, -0.05) is 24.6 Å². The van der Waals surface area contributed by atoms with Crippen molar-refractivity contribution in [3.63, 3.8) is 0 Å². The van der Waals surface area contributed by atoms with Crippen LogP contribution in [0.25, 0.3) is 0 Å². The number of fused-ring (bicyclic) bond motifs is 1. The number of carbonyl (C=O) groups is 1. The van der Waals surface area contributed by atoms with Crippen molar-refractivity contribution < 1.29 is 4.79 Å². The molecule has 2 fully saturated rings. The topological polar surface area (TPSA) is 66.1 Å². The molecule has 0 radical (unpaired) electrons. The minimum absolute atomic E-state index is 0.176. The molecule has 0 aromatic carbocycles. The van der Waals surface area contributed by atoms with E-state index in [1.807, 2.05) is 0 Å². The number of nitrogens with one attached hydrogen (secondary N) is 1. The van der Waals surface area contributed by atoms with Crippen LogP contribution in [-0.2, 0) is 4.79 Å². The summed E-state index contributed by atoms with van der Waals surface area (Å²) in [6.07, 6.45) is 8.85. The van der Waals surface area contributed by atoms with Crippen molar-refractivity contribution in [2.24, 2.45) is 5.92 Å². The van der Waals surface area contributed by atoms with E-state index in [2.05, 4.69) is 14.9 Å². The van der Waals surface area contributed by atoms with Gasteiger partial charge in [0.05, 0.1) is 5.75 Å². The van der Waals surface area contributed by atoms with Gasteiger partial charge in [-0.2, -0.15) is 0 Å². The summed E-state index contributed by atoms with van der Waals surface area (Å²) in [4.78, 5) is 32.5. The molecule has 21 heavy (non-hydrogen) atoms. The van der Waals surface area contributed by atoms with Crippen LogP contribution < -0.4 is 5.56 Å². The molecule has 0 unspecified atom stereocenters. The van der Waals surface area contributed by atoms with Gasteiger partial charge in [-0.25, -0.2) is 4.98 Å². The summed E-state index contributed by atoms with van der Waals surface area (Å²) in [6, 6.07) is 1.83. The SMILES string of the molecule is O=C(CSc1nccc(=O)[nH]1)N1CCC[C@@H]2CCCC[C@@H]21. The zero-order chi connectivity index (χ0) is 14.7. The third kappa shape index (κ3) is 3.48. The lowest BCUT2D eigenvalue weighted by Crippen LogP contribution is -2.50. The Morgan fingerprint density at radius 1 is 1.33 bits per heavy atom. The molecule has 1 amide bonds. The van der Waals surface area contributed by atoms with Crippen LogP contribution in [0, 0.1) is 5.92 Å². The van der Waals surface area contributed by atoms with Crippen molar-refractivity contribution in [2.75, 3.05) is 12.3 Å². The van der Waals surface area contributed by atoms with Crippen LogP contribution in [0.15, 0.2) is 22.2 Å². The summed E-state index contributed by atoms with van der Waals surface area (Å²) < 4.78 is 0. The summed E-state index contributed by atoms with van der Waals surface area (Å²) >= 11 is 1.32. The van der Waals surface area contributed by atoms with Crippen molar-refractivity contribution in [3.05, 3.63) is 22.6 Å². The normalized spacial score (nSPS) is 25.4. The van der Waals surface area contributed by atoms with Crippen molar-refractivity contribution >= 4 is 17.7 Å². The number of likely N-dealkylation sites (tertiary alicyclic amines) is 1. The number of amides is 1. The van der Waals surface area contributed by atoms with Crippen LogP contribution in [0.1, 0.15) is 38.5 Å². The van der Waals surface area contributed by atoms with Crippen molar-refractivity contribution in [1.82, 2.24) is 14.9 Å². The molecule has 1 saturated carbocycles. The molecule has 1 saturated heterocycles. The monoisotopic (exact) mass is 307 g/mol. The molecule has 1 aliphatic heterocycles. The van der Waals surface area contributed by atoms with Gasteiger partial charge in [0.25, 0.3) is 5.56 Å². The molecule has 3 rings (SSSR count).